The van der Waals surface area contributed by atoms with Crippen LogP contribution in [0.3, 0.4) is 0 Å². The summed E-state index contributed by atoms with van der Waals surface area (Å²) in [6, 6.07) is 9.66. The van der Waals surface area contributed by atoms with Crippen LogP contribution in [0.4, 0.5) is 10.1 Å². The number of carbonyl (C=O) groups is 1. The van der Waals surface area contributed by atoms with Gasteiger partial charge in [0.1, 0.15) is 5.82 Å². The number of benzene rings is 2. The second-order valence-electron chi connectivity index (χ2n) is 9.75. The highest BCUT2D eigenvalue weighted by Gasteiger charge is 2.23. The molecule has 2 heterocycles. The molecule has 0 radical (unpaired) electrons. The smallest absolute Gasteiger partial charge is 0.338 e. The molecule has 5 rings (SSSR count). The second kappa shape index (κ2) is 10.7. The zero-order valence-corrected chi connectivity index (χ0v) is 22.0. The van der Waals surface area contributed by atoms with Crippen molar-refractivity contribution in [2.75, 3.05) is 13.7 Å². The highest BCUT2D eigenvalue weighted by atomic mass is 35.5. The molecule has 1 fully saturated rings. The quantitative estimate of drug-likeness (QED) is 0.154. The van der Waals surface area contributed by atoms with E-state index in [-0.39, 0.29) is 28.5 Å². The van der Waals surface area contributed by atoms with Crippen molar-refractivity contribution in [2.45, 2.75) is 51.6 Å². The van der Waals surface area contributed by atoms with Crippen LogP contribution in [0, 0.1) is 15.9 Å². The summed E-state index contributed by atoms with van der Waals surface area (Å²) >= 11 is 6.62. The van der Waals surface area contributed by atoms with Crippen molar-refractivity contribution in [2.24, 2.45) is 0 Å². The number of nitrogens with zero attached hydrogens (tertiary/aromatic N) is 3. The van der Waals surface area contributed by atoms with E-state index in [2.05, 4.69) is 21.9 Å². The monoisotopic (exact) mass is 538 g/mol. The first-order valence-electron chi connectivity index (χ1n) is 12.7. The highest BCUT2D eigenvalue weighted by Crippen LogP contribution is 2.38. The van der Waals surface area contributed by atoms with E-state index >= 15 is 0 Å². The fourth-order valence-corrected chi connectivity index (χ4v) is 5.64. The Bertz CT molecular complexity index is 1550. The van der Waals surface area contributed by atoms with E-state index in [4.69, 9.17) is 16.3 Å². The number of aromatic nitrogens is 2. The Morgan fingerprint density at radius 3 is 2.71 bits per heavy atom. The number of nitro groups is 1. The number of esters is 1. The van der Waals surface area contributed by atoms with Crippen LogP contribution in [-0.2, 0) is 11.3 Å². The molecule has 0 unspecified atom stereocenters. The molecule has 0 spiro atoms. The van der Waals surface area contributed by atoms with Gasteiger partial charge in [0.15, 0.2) is 5.52 Å². The number of nitro benzene ring substituents is 1. The summed E-state index contributed by atoms with van der Waals surface area (Å²) in [6.45, 7) is 2.66. The summed E-state index contributed by atoms with van der Waals surface area (Å²) in [4.78, 5) is 33.5. The highest BCUT2D eigenvalue weighted by molar-refractivity contribution is 6.40. The Labute approximate surface area is 223 Å². The SMILES string of the molecule is CCOC(=O)c1ccc(-c2cc3nc4c([N+](=O)[O-])cc(F)cc4c(Cl)c3[nH]2)c(CN(C)C2CCCCC2)c1. The van der Waals surface area contributed by atoms with Crippen LogP contribution in [-0.4, -0.2) is 45.5 Å². The number of carbonyl (C=O) groups excluding carboxylic acids is 1. The maximum atomic E-state index is 14.1. The number of H-pyrrole nitrogens is 1. The van der Waals surface area contributed by atoms with Gasteiger partial charge in [0.05, 0.1) is 39.2 Å². The minimum atomic E-state index is -0.762. The summed E-state index contributed by atoms with van der Waals surface area (Å²) in [5.74, 6) is -1.15. The fraction of sp³-hybridized carbons (Fsp3) is 0.357. The van der Waals surface area contributed by atoms with Crippen molar-refractivity contribution in [3.8, 4) is 11.3 Å². The third-order valence-electron chi connectivity index (χ3n) is 7.26. The molecule has 4 aromatic rings. The lowest BCUT2D eigenvalue weighted by Gasteiger charge is -2.31. The van der Waals surface area contributed by atoms with Crippen LogP contribution >= 0.6 is 11.6 Å². The fourth-order valence-electron chi connectivity index (χ4n) is 5.36. The lowest BCUT2D eigenvalue weighted by Crippen LogP contribution is -2.33. The van der Waals surface area contributed by atoms with Gasteiger partial charge in [0.25, 0.3) is 5.69 Å². The van der Waals surface area contributed by atoms with E-state index < -0.39 is 16.4 Å². The van der Waals surface area contributed by atoms with Crippen LogP contribution in [0.2, 0.25) is 5.02 Å². The van der Waals surface area contributed by atoms with Gasteiger partial charge in [-0.25, -0.2) is 14.2 Å². The average molecular weight is 539 g/mol. The molecule has 1 saturated carbocycles. The molecule has 0 saturated heterocycles. The second-order valence-corrected chi connectivity index (χ2v) is 10.1. The van der Waals surface area contributed by atoms with E-state index in [0.29, 0.717) is 34.9 Å². The van der Waals surface area contributed by atoms with Gasteiger partial charge in [0.2, 0.25) is 0 Å². The number of hydrogen-bond acceptors (Lipinski definition) is 6. The molecular weight excluding hydrogens is 511 g/mol. The van der Waals surface area contributed by atoms with E-state index in [1.54, 1.807) is 19.1 Å². The van der Waals surface area contributed by atoms with E-state index in [1.165, 1.54) is 19.3 Å². The molecule has 38 heavy (non-hydrogen) atoms. The van der Waals surface area contributed by atoms with Gasteiger partial charge in [-0.2, -0.15) is 0 Å². The van der Waals surface area contributed by atoms with E-state index in [9.17, 15) is 19.3 Å². The summed E-state index contributed by atoms with van der Waals surface area (Å²) in [6.07, 6.45) is 5.94. The Kier molecular flexibility index (Phi) is 7.32. The predicted octanol–water partition coefficient (Wildman–Crippen LogP) is 7.03. The standard InChI is InChI=1S/C28H28ClFN4O4/c1-3-38-28(35)16-9-10-20(17(11-16)15-33(2)19-7-5-4-6-8-19)22-14-23-27(31-22)25(29)21-12-18(30)13-24(34(36)37)26(21)32-23/h9-14,19,31H,3-8,15H2,1-2H3. The Balaban J connectivity index is 1.62. The number of non-ortho nitro benzene ring substituents is 1. The topological polar surface area (TPSA) is 101 Å². The van der Waals surface area contributed by atoms with Gasteiger partial charge in [-0.3, -0.25) is 15.0 Å². The van der Waals surface area contributed by atoms with Gasteiger partial charge >= 0.3 is 5.97 Å². The molecule has 1 aliphatic carbocycles. The van der Waals surface area contributed by atoms with Gasteiger partial charge in [-0.05, 0) is 56.6 Å². The lowest BCUT2D eigenvalue weighted by molar-refractivity contribution is -0.383. The number of nitrogens with one attached hydrogen (secondary N) is 1. The maximum Gasteiger partial charge on any atom is 0.338 e. The normalized spacial score (nSPS) is 14.4. The molecule has 0 bridgehead atoms. The van der Waals surface area contributed by atoms with Crippen molar-refractivity contribution in [3.63, 3.8) is 0 Å². The number of halogens is 2. The van der Waals surface area contributed by atoms with Crippen LogP contribution < -0.4 is 0 Å². The lowest BCUT2D eigenvalue weighted by atomic mass is 9.93. The first-order valence-corrected chi connectivity index (χ1v) is 13.1. The Morgan fingerprint density at radius 2 is 2.00 bits per heavy atom. The van der Waals surface area contributed by atoms with E-state index in [0.717, 1.165) is 36.1 Å². The predicted molar refractivity (Wildman–Crippen MR) is 145 cm³/mol. The first-order chi connectivity index (χ1) is 18.3. The minimum Gasteiger partial charge on any atom is -0.462 e. The molecule has 2 aromatic carbocycles. The molecule has 198 valence electrons. The van der Waals surface area contributed by atoms with Crippen molar-refractivity contribution in [1.82, 2.24) is 14.9 Å². The Morgan fingerprint density at radius 1 is 1.24 bits per heavy atom. The van der Waals surface area contributed by atoms with Crippen LogP contribution in [0.5, 0.6) is 0 Å². The van der Waals surface area contributed by atoms with Gasteiger partial charge in [-0.1, -0.05) is 36.9 Å². The van der Waals surface area contributed by atoms with Crippen LogP contribution in [0.15, 0.2) is 36.4 Å². The number of pyridine rings is 1. The summed E-state index contributed by atoms with van der Waals surface area (Å²) in [5, 5.41) is 11.9. The van der Waals surface area contributed by atoms with Crippen LogP contribution in [0.25, 0.3) is 33.2 Å². The van der Waals surface area contributed by atoms with Gasteiger partial charge in [0, 0.05) is 29.2 Å². The third kappa shape index (κ3) is 4.96. The summed E-state index contributed by atoms with van der Waals surface area (Å²) in [7, 11) is 2.10. The molecule has 8 nitrogen and oxygen atoms in total. The molecule has 0 amide bonds. The zero-order chi connectivity index (χ0) is 27.0. The number of hydrogen-bond donors (Lipinski definition) is 1. The zero-order valence-electron chi connectivity index (χ0n) is 21.2. The average Bonchev–Trinajstić information content (AvgIpc) is 3.33. The molecule has 1 aliphatic rings. The molecular formula is C28H28ClFN4O4. The number of aromatic amines is 1. The van der Waals surface area contributed by atoms with Crippen molar-refractivity contribution in [3.05, 3.63) is 68.5 Å². The maximum absolute atomic E-state index is 14.1. The number of ether oxygens (including phenoxy) is 1. The minimum absolute atomic E-state index is 0.0226. The first kappa shape index (κ1) is 26.1. The van der Waals surface area contributed by atoms with Crippen LogP contribution in [0.1, 0.15) is 54.9 Å². The number of rotatable bonds is 7. The summed E-state index contributed by atoms with van der Waals surface area (Å²) in [5.41, 5.74) is 3.38. The van der Waals surface area contributed by atoms with Crippen molar-refractivity contribution < 1.29 is 18.8 Å². The molecule has 2 aromatic heterocycles. The molecule has 10 heteroatoms. The summed E-state index contributed by atoms with van der Waals surface area (Å²) < 4.78 is 19.4. The molecule has 0 atom stereocenters. The van der Waals surface area contributed by atoms with E-state index in [1.807, 2.05) is 12.1 Å². The Hall–Kier alpha value is -3.56. The van der Waals surface area contributed by atoms with Crippen molar-refractivity contribution in [1.29, 1.82) is 0 Å². The molecule has 1 N–H and O–H groups in total. The number of fused-ring (bicyclic) bond motifs is 2. The largest absolute Gasteiger partial charge is 0.462 e. The van der Waals surface area contributed by atoms with Gasteiger partial charge in [-0.15, -0.1) is 0 Å². The van der Waals surface area contributed by atoms with Gasteiger partial charge < -0.3 is 9.72 Å². The van der Waals surface area contributed by atoms with Crippen molar-refractivity contribution >= 4 is 45.2 Å². The molecule has 0 aliphatic heterocycles. The third-order valence-corrected chi connectivity index (χ3v) is 7.65.